The number of nitrogens with zero attached hydrogens (tertiary/aromatic N) is 1. The molecule has 23 heavy (non-hydrogen) atoms. The lowest BCUT2D eigenvalue weighted by Gasteiger charge is -2.16. The van der Waals surface area contributed by atoms with Crippen molar-refractivity contribution < 1.29 is 13.2 Å². The number of hydrogen-bond acceptors (Lipinski definition) is 3. The highest BCUT2D eigenvalue weighted by atomic mass is 35.5. The molecule has 5 nitrogen and oxygen atoms in total. The van der Waals surface area contributed by atoms with Crippen LogP contribution in [0.2, 0.25) is 5.02 Å². The molecule has 0 radical (unpaired) electrons. The van der Waals surface area contributed by atoms with Crippen LogP contribution in [0.4, 0.5) is 11.4 Å². The van der Waals surface area contributed by atoms with E-state index in [0.717, 1.165) is 12.1 Å². The zero-order valence-corrected chi connectivity index (χ0v) is 13.8. The fourth-order valence-electron chi connectivity index (χ4n) is 2.48. The van der Waals surface area contributed by atoms with Gasteiger partial charge in [0.25, 0.3) is 10.0 Å². The molecule has 1 fully saturated rings. The molecule has 3 rings (SSSR count). The lowest BCUT2D eigenvalue weighted by Crippen LogP contribution is -2.23. The van der Waals surface area contributed by atoms with Crippen LogP contribution < -0.4 is 9.62 Å². The molecule has 0 unspecified atom stereocenters. The van der Waals surface area contributed by atoms with Crippen molar-refractivity contribution in [1.29, 1.82) is 0 Å². The van der Waals surface area contributed by atoms with Crippen molar-refractivity contribution in [3.63, 3.8) is 0 Å². The molecular formula is C16H15ClN2O3S. The van der Waals surface area contributed by atoms with Gasteiger partial charge in [-0.15, -0.1) is 0 Å². The number of amides is 1. The van der Waals surface area contributed by atoms with E-state index in [1.165, 1.54) is 12.1 Å². The minimum Gasteiger partial charge on any atom is -0.312 e. The molecule has 120 valence electrons. The van der Waals surface area contributed by atoms with Crippen molar-refractivity contribution in [2.24, 2.45) is 0 Å². The van der Waals surface area contributed by atoms with Crippen molar-refractivity contribution in [2.75, 3.05) is 16.2 Å². The Balaban J connectivity index is 1.79. The zero-order chi connectivity index (χ0) is 16.4. The smallest absolute Gasteiger partial charge is 0.261 e. The van der Waals surface area contributed by atoms with Crippen molar-refractivity contribution in [3.05, 3.63) is 53.6 Å². The molecule has 7 heteroatoms. The van der Waals surface area contributed by atoms with Gasteiger partial charge in [-0.1, -0.05) is 17.7 Å². The Kier molecular flexibility index (Phi) is 4.28. The molecule has 0 saturated carbocycles. The normalized spacial score (nSPS) is 15.0. The fraction of sp³-hybridized carbons (Fsp3) is 0.188. The summed E-state index contributed by atoms with van der Waals surface area (Å²) in [6.07, 6.45) is 1.41. The first kappa shape index (κ1) is 15.8. The van der Waals surface area contributed by atoms with Crippen LogP contribution in [0.25, 0.3) is 0 Å². The third-order valence-corrected chi connectivity index (χ3v) is 5.23. The lowest BCUT2D eigenvalue weighted by atomic mass is 10.2. The highest BCUT2D eigenvalue weighted by Crippen LogP contribution is 2.24. The zero-order valence-electron chi connectivity index (χ0n) is 12.2. The first-order valence-corrected chi connectivity index (χ1v) is 9.01. The van der Waals surface area contributed by atoms with Gasteiger partial charge in [0.2, 0.25) is 5.91 Å². The maximum Gasteiger partial charge on any atom is 0.261 e. The molecule has 1 saturated heterocycles. The third-order valence-electron chi connectivity index (χ3n) is 3.61. The van der Waals surface area contributed by atoms with Crippen LogP contribution >= 0.6 is 11.6 Å². The van der Waals surface area contributed by atoms with E-state index in [9.17, 15) is 13.2 Å². The van der Waals surface area contributed by atoms with Gasteiger partial charge in [0.05, 0.1) is 4.90 Å². The van der Waals surface area contributed by atoms with E-state index in [1.54, 1.807) is 41.3 Å². The molecule has 0 atom stereocenters. The SMILES string of the molecule is O=C1CCCN1c1ccc(NS(=O)(=O)c2cccc(Cl)c2)cc1. The topological polar surface area (TPSA) is 66.5 Å². The van der Waals surface area contributed by atoms with Crippen LogP contribution in [0, 0.1) is 0 Å². The first-order valence-electron chi connectivity index (χ1n) is 7.14. The molecular weight excluding hydrogens is 336 g/mol. The van der Waals surface area contributed by atoms with Crippen LogP contribution in [0.1, 0.15) is 12.8 Å². The number of rotatable bonds is 4. The van der Waals surface area contributed by atoms with Gasteiger partial charge in [-0.25, -0.2) is 8.42 Å². The Bertz CT molecular complexity index is 835. The summed E-state index contributed by atoms with van der Waals surface area (Å²) < 4.78 is 27.1. The average molecular weight is 351 g/mol. The minimum absolute atomic E-state index is 0.0947. The molecule has 0 aromatic heterocycles. The number of halogens is 1. The summed E-state index contributed by atoms with van der Waals surface area (Å²) in [5.41, 5.74) is 1.21. The van der Waals surface area contributed by atoms with Crippen molar-refractivity contribution in [2.45, 2.75) is 17.7 Å². The van der Waals surface area contributed by atoms with Crippen LogP contribution in [0.15, 0.2) is 53.4 Å². The number of sulfonamides is 1. The summed E-state index contributed by atoms with van der Waals surface area (Å²) in [6, 6.07) is 12.8. The molecule has 1 N–H and O–H groups in total. The average Bonchev–Trinajstić information content (AvgIpc) is 2.94. The monoisotopic (exact) mass is 350 g/mol. The highest BCUT2D eigenvalue weighted by molar-refractivity contribution is 7.92. The maximum atomic E-state index is 12.3. The molecule has 1 aliphatic rings. The summed E-state index contributed by atoms with van der Waals surface area (Å²) in [7, 11) is -3.69. The second-order valence-corrected chi connectivity index (χ2v) is 7.38. The molecule has 0 bridgehead atoms. The Labute approximate surface area is 139 Å². The Hall–Kier alpha value is -2.05. The number of nitrogens with one attached hydrogen (secondary N) is 1. The fourth-order valence-corrected chi connectivity index (χ4v) is 3.84. The predicted molar refractivity (Wildman–Crippen MR) is 90.3 cm³/mol. The molecule has 1 heterocycles. The Morgan fingerprint density at radius 2 is 1.83 bits per heavy atom. The van der Waals surface area contributed by atoms with Gasteiger partial charge in [0, 0.05) is 29.4 Å². The quantitative estimate of drug-likeness (QED) is 0.920. The number of anilines is 2. The Morgan fingerprint density at radius 1 is 1.09 bits per heavy atom. The van der Waals surface area contributed by atoms with E-state index in [2.05, 4.69) is 4.72 Å². The largest absolute Gasteiger partial charge is 0.312 e. The summed E-state index contributed by atoms with van der Waals surface area (Å²) in [6.45, 7) is 0.701. The van der Waals surface area contributed by atoms with Crippen LogP contribution in [0.5, 0.6) is 0 Å². The van der Waals surface area contributed by atoms with Gasteiger partial charge in [-0.05, 0) is 48.9 Å². The van der Waals surface area contributed by atoms with Gasteiger partial charge in [-0.3, -0.25) is 9.52 Å². The van der Waals surface area contributed by atoms with Crippen LogP contribution in [-0.4, -0.2) is 20.9 Å². The van der Waals surface area contributed by atoms with Gasteiger partial charge in [0.1, 0.15) is 0 Å². The van der Waals surface area contributed by atoms with Gasteiger partial charge in [0.15, 0.2) is 0 Å². The van der Waals surface area contributed by atoms with Gasteiger partial charge >= 0.3 is 0 Å². The van der Waals surface area contributed by atoms with Crippen molar-refractivity contribution in [1.82, 2.24) is 0 Å². The van der Waals surface area contributed by atoms with Crippen molar-refractivity contribution >= 4 is 38.9 Å². The third kappa shape index (κ3) is 3.48. The standard InChI is InChI=1S/C16H15ClN2O3S/c17-12-3-1-4-15(11-12)23(21,22)18-13-6-8-14(9-7-13)19-10-2-5-16(19)20/h1,3-4,6-9,11,18H,2,5,10H2. The molecule has 2 aromatic rings. The van der Waals surface area contributed by atoms with E-state index in [4.69, 9.17) is 11.6 Å². The maximum absolute atomic E-state index is 12.3. The summed E-state index contributed by atoms with van der Waals surface area (Å²) in [5, 5.41) is 0.357. The van der Waals surface area contributed by atoms with E-state index in [0.29, 0.717) is 23.7 Å². The number of carbonyl (C=O) groups excluding carboxylic acids is 1. The molecule has 1 aliphatic heterocycles. The highest BCUT2D eigenvalue weighted by Gasteiger charge is 2.21. The van der Waals surface area contributed by atoms with E-state index >= 15 is 0 Å². The first-order chi connectivity index (χ1) is 11.0. The molecule has 1 amide bonds. The summed E-state index contributed by atoms with van der Waals surface area (Å²) in [4.78, 5) is 13.5. The van der Waals surface area contributed by atoms with Crippen LogP contribution in [0.3, 0.4) is 0 Å². The second-order valence-electron chi connectivity index (χ2n) is 5.26. The summed E-state index contributed by atoms with van der Waals surface area (Å²) >= 11 is 5.83. The number of hydrogen-bond donors (Lipinski definition) is 1. The Morgan fingerprint density at radius 3 is 2.43 bits per heavy atom. The minimum atomic E-state index is -3.69. The van der Waals surface area contributed by atoms with Crippen molar-refractivity contribution in [3.8, 4) is 0 Å². The molecule has 2 aromatic carbocycles. The van der Waals surface area contributed by atoms with Crippen LogP contribution in [-0.2, 0) is 14.8 Å². The second kappa shape index (κ2) is 6.22. The lowest BCUT2D eigenvalue weighted by molar-refractivity contribution is -0.117. The number of carbonyl (C=O) groups is 1. The number of benzene rings is 2. The summed E-state index contributed by atoms with van der Waals surface area (Å²) in [5.74, 6) is 0.0947. The molecule has 0 spiro atoms. The van der Waals surface area contributed by atoms with E-state index in [1.807, 2.05) is 0 Å². The molecule has 0 aliphatic carbocycles. The van der Waals surface area contributed by atoms with Gasteiger partial charge < -0.3 is 4.90 Å². The van der Waals surface area contributed by atoms with E-state index in [-0.39, 0.29) is 10.8 Å². The van der Waals surface area contributed by atoms with E-state index < -0.39 is 10.0 Å². The van der Waals surface area contributed by atoms with Gasteiger partial charge in [-0.2, -0.15) is 0 Å². The predicted octanol–water partition coefficient (Wildman–Crippen LogP) is 3.27.